The number of halogens is 1. The predicted octanol–water partition coefficient (Wildman–Crippen LogP) is 2.30. The molecular weight excluding hydrogens is 225 g/mol. The van der Waals surface area contributed by atoms with E-state index in [0.717, 1.165) is 5.56 Å². The lowest BCUT2D eigenvalue weighted by Crippen LogP contribution is -1.95. The van der Waals surface area contributed by atoms with Crippen LogP contribution in [-0.2, 0) is 12.8 Å². The van der Waals surface area contributed by atoms with E-state index in [4.69, 9.17) is 9.63 Å². The third-order valence-corrected chi connectivity index (χ3v) is 2.33. The number of rotatable bonds is 4. The van der Waals surface area contributed by atoms with E-state index < -0.39 is 5.97 Å². The van der Waals surface area contributed by atoms with Gasteiger partial charge in [0.2, 0.25) is 0 Å². The number of hydrogen-bond donors (Lipinski definition) is 1. The van der Waals surface area contributed by atoms with E-state index in [1.54, 1.807) is 12.1 Å². The highest BCUT2D eigenvalue weighted by molar-refractivity contribution is 5.85. The first kappa shape index (κ1) is 11.3. The molecule has 4 nitrogen and oxygen atoms in total. The van der Waals surface area contributed by atoms with E-state index in [2.05, 4.69) is 5.16 Å². The van der Waals surface area contributed by atoms with E-state index in [0.29, 0.717) is 18.6 Å². The zero-order chi connectivity index (χ0) is 12.3. The standard InChI is InChI=1S/C12H10FNO3/c13-9-3-1-2-8(6-9)4-5-10-7-11(12(15)16)14-17-10/h1-3,6-7H,4-5H2,(H,15,16). The van der Waals surface area contributed by atoms with Gasteiger partial charge in [-0.2, -0.15) is 0 Å². The molecule has 0 unspecified atom stereocenters. The molecule has 0 aliphatic carbocycles. The summed E-state index contributed by atoms with van der Waals surface area (Å²) in [6, 6.07) is 7.63. The highest BCUT2D eigenvalue weighted by Crippen LogP contribution is 2.10. The zero-order valence-electron chi connectivity index (χ0n) is 8.89. The molecule has 0 bridgehead atoms. The number of benzene rings is 1. The summed E-state index contributed by atoms with van der Waals surface area (Å²) in [6.07, 6.45) is 1.07. The lowest BCUT2D eigenvalue weighted by molar-refractivity contribution is 0.0685. The van der Waals surface area contributed by atoms with Crippen LogP contribution in [0, 0.1) is 5.82 Å². The van der Waals surface area contributed by atoms with Gasteiger partial charge in [0.25, 0.3) is 0 Å². The van der Waals surface area contributed by atoms with Crippen LogP contribution in [-0.4, -0.2) is 16.2 Å². The molecule has 5 heteroatoms. The SMILES string of the molecule is O=C(O)c1cc(CCc2cccc(F)c2)on1. The maximum absolute atomic E-state index is 12.9. The molecule has 17 heavy (non-hydrogen) atoms. The van der Waals surface area contributed by atoms with Crippen molar-refractivity contribution >= 4 is 5.97 Å². The third-order valence-electron chi connectivity index (χ3n) is 2.33. The van der Waals surface area contributed by atoms with Gasteiger partial charge >= 0.3 is 5.97 Å². The van der Waals surface area contributed by atoms with Crippen molar-refractivity contribution in [3.63, 3.8) is 0 Å². The number of carbonyl (C=O) groups is 1. The van der Waals surface area contributed by atoms with Crippen LogP contribution >= 0.6 is 0 Å². The van der Waals surface area contributed by atoms with Crippen molar-refractivity contribution in [2.24, 2.45) is 0 Å². The Morgan fingerprint density at radius 1 is 1.35 bits per heavy atom. The summed E-state index contributed by atoms with van der Waals surface area (Å²) in [5, 5.41) is 12.0. The summed E-state index contributed by atoms with van der Waals surface area (Å²) in [5.74, 6) is -0.927. The molecule has 1 heterocycles. The van der Waals surface area contributed by atoms with Crippen LogP contribution in [0.2, 0.25) is 0 Å². The molecule has 88 valence electrons. The van der Waals surface area contributed by atoms with Crippen LogP contribution in [0.3, 0.4) is 0 Å². The topological polar surface area (TPSA) is 63.3 Å². The van der Waals surface area contributed by atoms with Crippen LogP contribution < -0.4 is 0 Å². The molecule has 0 atom stereocenters. The van der Waals surface area contributed by atoms with Gasteiger partial charge in [0.15, 0.2) is 5.69 Å². The van der Waals surface area contributed by atoms with Gasteiger partial charge in [-0.3, -0.25) is 0 Å². The summed E-state index contributed by atoms with van der Waals surface area (Å²) in [7, 11) is 0. The minimum atomic E-state index is -1.12. The van der Waals surface area contributed by atoms with Crippen molar-refractivity contribution in [3.05, 3.63) is 53.2 Å². The van der Waals surface area contributed by atoms with E-state index in [1.807, 2.05) is 0 Å². The lowest BCUT2D eigenvalue weighted by Gasteiger charge is -1.98. The van der Waals surface area contributed by atoms with Crippen molar-refractivity contribution < 1.29 is 18.8 Å². The molecule has 2 rings (SSSR count). The highest BCUT2D eigenvalue weighted by Gasteiger charge is 2.10. The molecule has 0 saturated carbocycles. The smallest absolute Gasteiger partial charge is 0.358 e. The van der Waals surface area contributed by atoms with Gasteiger partial charge in [0.1, 0.15) is 11.6 Å². The van der Waals surface area contributed by atoms with E-state index in [9.17, 15) is 9.18 Å². The number of carboxylic acids is 1. The van der Waals surface area contributed by atoms with Crippen LogP contribution in [0.25, 0.3) is 0 Å². The van der Waals surface area contributed by atoms with Crippen LogP contribution in [0.5, 0.6) is 0 Å². The first-order valence-electron chi connectivity index (χ1n) is 5.08. The second-order valence-electron chi connectivity index (χ2n) is 3.61. The molecule has 0 amide bonds. The van der Waals surface area contributed by atoms with Crippen molar-refractivity contribution in [1.29, 1.82) is 0 Å². The maximum atomic E-state index is 12.9. The number of nitrogens with zero attached hydrogens (tertiary/aromatic N) is 1. The van der Waals surface area contributed by atoms with Gasteiger partial charge in [-0.05, 0) is 24.1 Å². The van der Waals surface area contributed by atoms with Crippen molar-refractivity contribution in [2.75, 3.05) is 0 Å². The second-order valence-corrected chi connectivity index (χ2v) is 3.61. The quantitative estimate of drug-likeness (QED) is 0.883. The van der Waals surface area contributed by atoms with Crippen molar-refractivity contribution in [2.45, 2.75) is 12.8 Å². The number of hydrogen-bond acceptors (Lipinski definition) is 3. The highest BCUT2D eigenvalue weighted by atomic mass is 19.1. The monoisotopic (exact) mass is 235 g/mol. The van der Waals surface area contributed by atoms with Gasteiger partial charge in [0.05, 0.1) is 0 Å². The molecule has 0 radical (unpaired) electrons. The zero-order valence-corrected chi connectivity index (χ0v) is 8.89. The number of aryl methyl sites for hydroxylation is 2. The Labute approximate surface area is 96.7 Å². The van der Waals surface area contributed by atoms with Crippen LogP contribution in [0.15, 0.2) is 34.9 Å². The Hall–Kier alpha value is -2.17. The maximum Gasteiger partial charge on any atom is 0.358 e. The van der Waals surface area contributed by atoms with Crippen molar-refractivity contribution in [1.82, 2.24) is 5.16 Å². The molecule has 1 N–H and O–H groups in total. The van der Waals surface area contributed by atoms with Gasteiger partial charge in [0, 0.05) is 12.5 Å². The lowest BCUT2D eigenvalue weighted by atomic mass is 10.1. The Morgan fingerprint density at radius 2 is 2.18 bits per heavy atom. The van der Waals surface area contributed by atoms with Gasteiger partial charge < -0.3 is 9.63 Å². The second kappa shape index (κ2) is 4.78. The molecule has 0 spiro atoms. The summed E-state index contributed by atoms with van der Waals surface area (Å²) in [5.41, 5.74) is 0.720. The normalized spacial score (nSPS) is 10.4. The fraction of sp³-hybridized carbons (Fsp3) is 0.167. The summed E-state index contributed by atoms with van der Waals surface area (Å²) in [6.45, 7) is 0. The molecule has 0 aliphatic heterocycles. The third kappa shape index (κ3) is 2.90. The summed E-state index contributed by atoms with van der Waals surface area (Å²) >= 11 is 0. The van der Waals surface area contributed by atoms with E-state index >= 15 is 0 Å². The number of aromatic carboxylic acids is 1. The van der Waals surface area contributed by atoms with Crippen LogP contribution in [0.1, 0.15) is 21.8 Å². The molecular formula is C12H10FNO3. The number of aromatic nitrogens is 1. The minimum Gasteiger partial charge on any atom is -0.476 e. The Morgan fingerprint density at radius 3 is 2.82 bits per heavy atom. The van der Waals surface area contributed by atoms with E-state index in [1.165, 1.54) is 18.2 Å². The predicted molar refractivity (Wildman–Crippen MR) is 57.3 cm³/mol. The van der Waals surface area contributed by atoms with Gasteiger partial charge in [-0.15, -0.1) is 0 Å². The van der Waals surface area contributed by atoms with E-state index in [-0.39, 0.29) is 11.5 Å². The molecule has 1 aromatic carbocycles. The summed E-state index contributed by atoms with van der Waals surface area (Å²) < 4.78 is 17.7. The summed E-state index contributed by atoms with van der Waals surface area (Å²) in [4.78, 5) is 10.6. The average molecular weight is 235 g/mol. The Balaban J connectivity index is 2.00. The first-order chi connectivity index (χ1) is 8.15. The molecule has 0 saturated heterocycles. The molecule has 0 fully saturated rings. The van der Waals surface area contributed by atoms with Gasteiger partial charge in [-0.1, -0.05) is 17.3 Å². The van der Waals surface area contributed by atoms with Gasteiger partial charge in [-0.25, -0.2) is 9.18 Å². The Bertz CT molecular complexity index is 536. The number of carboxylic acid groups (broad SMARTS) is 1. The van der Waals surface area contributed by atoms with Crippen LogP contribution in [0.4, 0.5) is 4.39 Å². The molecule has 1 aromatic heterocycles. The fourth-order valence-corrected chi connectivity index (χ4v) is 1.49. The molecule has 0 aliphatic rings. The first-order valence-corrected chi connectivity index (χ1v) is 5.08. The minimum absolute atomic E-state index is 0.112. The van der Waals surface area contributed by atoms with Crippen molar-refractivity contribution in [3.8, 4) is 0 Å². The molecule has 2 aromatic rings. The average Bonchev–Trinajstić information content (AvgIpc) is 2.75. The largest absolute Gasteiger partial charge is 0.476 e. The fourth-order valence-electron chi connectivity index (χ4n) is 1.49. The Kier molecular flexibility index (Phi) is 3.18.